The summed E-state index contributed by atoms with van der Waals surface area (Å²) < 4.78 is 5.26. The van der Waals surface area contributed by atoms with E-state index in [2.05, 4.69) is 4.98 Å². The number of nitrogens with zero attached hydrogens (tertiary/aromatic N) is 1. The van der Waals surface area contributed by atoms with E-state index in [4.69, 9.17) is 27.9 Å². The van der Waals surface area contributed by atoms with Crippen molar-refractivity contribution < 1.29 is 9.53 Å². The Bertz CT molecular complexity index is 656. The number of benzene rings is 1. The molecule has 0 aliphatic rings. The maximum atomic E-state index is 12.3. The van der Waals surface area contributed by atoms with Gasteiger partial charge in [-0.2, -0.15) is 0 Å². The molecule has 0 fully saturated rings. The zero-order chi connectivity index (χ0) is 14.7. The Morgan fingerprint density at radius 3 is 2.70 bits per heavy atom. The summed E-state index contributed by atoms with van der Waals surface area (Å²) in [6, 6.07) is 7.20. The predicted molar refractivity (Wildman–Crippen MR) is 80.0 cm³/mol. The summed E-state index contributed by atoms with van der Waals surface area (Å²) in [6.45, 7) is 1.96. The normalized spacial score (nSPS) is 10.4. The monoisotopic (exact) mass is 309 g/mol. The summed E-state index contributed by atoms with van der Waals surface area (Å²) in [7, 11) is 1.58. The summed E-state index contributed by atoms with van der Waals surface area (Å²) in [5, 5.41) is 0.661. The second-order valence-corrected chi connectivity index (χ2v) is 5.24. The number of aromatic nitrogens is 1. The van der Waals surface area contributed by atoms with Gasteiger partial charge in [-0.1, -0.05) is 40.9 Å². The van der Waals surface area contributed by atoms with Crippen LogP contribution in [0.1, 0.15) is 21.6 Å². The van der Waals surface area contributed by atoms with E-state index in [-0.39, 0.29) is 22.9 Å². The average molecular weight is 310 g/mol. The topological polar surface area (TPSA) is 39.2 Å². The van der Waals surface area contributed by atoms with E-state index >= 15 is 0 Å². The first-order valence-electron chi connectivity index (χ1n) is 5.99. The largest absolute Gasteiger partial charge is 0.496 e. The molecule has 0 saturated heterocycles. The van der Waals surface area contributed by atoms with E-state index in [0.29, 0.717) is 10.8 Å². The van der Waals surface area contributed by atoms with Crippen LogP contribution in [0.25, 0.3) is 0 Å². The number of aryl methyl sites for hydroxylation is 1. The van der Waals surface area contributed by atoms with Gasteiger partial charge in [-0.3, -0.25) is 4.79 Å². The Labute approximate surface area is 127 Å². The first kappa shape index (κ1) is 14.8. The van der Waals surface area contributed by atoms with Crippen LogP contribution in [0.5, 0.6) is 5.75 Å². The van der Waals surface area contributed by atoms with Crippen LogP contribution in [0, 0.1) is 6.92 Å². The fourth-order valence-corrected chi connectivity index (χ4v) is 2.41. The highest BCUT2D eigenvalue weighted by molar-refractivity contribution is 6.36. The molecular formula is C15H13Cl2NO2. The third-order valence-electron chi connectivity index (χ3n) is 2.86. The van der Waals surface area contributed by atoms with Crippen molar-refractivity contribution in [3.63, 3.8) is 0 Å². The highest BCUT2D eigenvalue weighted by atomic mass is 35.5. The summed E-state index contributed by atoms with van der Waals surface area (Å²) >= 11 is 11.8. The molecule has 3 nitrogen and oxygen atoms in total. The highest BCUT2D eigenvalue weighted by Crippen LogP contribution is 2.24. The Morgan fingerprint density at radius 2 is 2.05 bits per heavy atom. The number of Topliss-reactive ketones (excluding diaryl/α,β-unsaturated/α-hetero) is 1. The van der Waals surface area contributed by atoms with E-state index < -0.39 is 0 Å². The van der Waals surface area contributed by atoms with Crippen LogP contribution < -0.4 is 4.74 Å². The van der Waals surface area contributed by atoms with Crippen LogP contribution >= 0.6 is 23.2 Å². The standard InChI is InChI=1S/C15H13Cl2NO2/c1-9-3-4-14(20-2)10(5-9)6-13(19)15-12(17)7-11(16)8-18-15/h3-5,7-8H,6H2,1-2H3. The van der Waals surface area contributed by atoms with Crippen LogP contribution in [0.15, 0.2) is 30.5 Å². The van der Waals surface area contributed by atoms with Gasteiger partial charge in [0.25, 0.3) is 0 Å². The Hall–Kier alpha value is -1.58. The van der Waals surface area contributed by atoms with Gasteiger partial charge in [0.1, 0.15) is 11.4 Å². The number of pyridine rings is 1. The minimum atomic E-state index is -0.171. The van der Waals surface area contributed by atoms with E-state index in [9.17, 15) is 4.79 Å². The SMILES string of the molecule is COc1ccc(C)cc1CC(=O)c1ncc(Cl)cc1Cl. The first-order chi connectivity index (χ1) is 9.51. The second-order valence-electron chi connectivity index (χ2n) is 4.40. The molecule has 1 aromatic carbocycles. The average Bonchev–Trinajstić information content (AvgIpc) is 2.38. The van der Waals surface area contributed by atoms with Crippen molar-refractivity contribution in [1.29, 1.82) is 0 Å². The molecule has 5 heteroatoms. The molecule has 0 unspecified atom stereocenters. The molecule has 1 aromatic heterocycles. The maximum Gasteiger partial charge on any atom is 0.187 e. The molecule has 104 valence electrons. The van der Waals surface area contributed by atoms with Gasteiger partial charge in [-0.25, -0.2) is 4.98 Å². The number of ether oxygens (including phenoxy) is 1. The lowest BCUT2D eigenvalue weighted by atomic mass is 10.0. The smallest absolute Gasteiger partial charge is 0.187 e. The minimum absolute atomic E-state index is 0.171. The van der Waals surface area contributed by atoms with Crippen molar-refractivity contribution in [2.24, 2.45) is 0 Å². The molecule has 1 heterocycles. The number of hydrogen-bond acceptors (Lipinski definition) is 3. The molecular weight excluding hydrogens is 297 g/mol. The minimum Gasteiger partial charge on any atom is -0.496 e. The summed E-state index contributed by atoms with van der Waals surface area (Å²) in [6.07, 6.45) is 1.59. The van der Waals surface area contributed by atoms with E-state index in [1.54, 1.807) is 7.11 Å². The molecule has 2 rings (SSSR count). The van der Waals surface area contributed by atoms with Crippen molar-refractivity contribution in [2.45, 2.75) is 13.3 Å². The Morgan fingerprint density at radius 1 is 1.30 bits per heavy atom. The lowest BCUT2D eigenvalue weighted by Gasteiger charge is -2.09. The fraction of sp³-hybridized carbons (Fsp3) is 0.200. The third-order valence-corrected chi connectivity index (χ3v) is 3.35. The Kier molecular flexibility index (Phi) is 4.63. The Balaban J connectivity index is 2.30. The molecule has 0 radical (unpaired) electrons. The molecule has 20 heavy (non-hydrogen) atoms. The molecule has 0 N–H and O–H groups in total. The van der Waals surface area contributed by atoms with Crippen molar-refractivity contribution >= 4 is 29.0 Å². The quantitative estimate of drug-likeness (QED) is 0.797. The van der Waals surface area contributed by atoms with Crippen LogP contribution in [-0.4, -0.2) is 17.9 Å². The van der Waals surface area contributed by atoms with Crippen molar-refractivity contribution in [2.75, 3.05) is 7.11 Å². The number of rotatable bonds is 4. The van der Waals surface area contributed by atoms with Crippen LogP contribution in [-0.2, 0) is 6.42 Å². The van der Waals surface area contributed by atoms with Gasteiger partial charge >= 0.3 is 0 Å². The van der Waals surface area contributed by atoms with Gasteiger partial charge in [-0.05, 0) is 19.1 Å². The van der Waals surface area contributed by atoms with E-state index in [1.807, 2.05) is 25.1 Å². The van der Waals surface area contributed by atoms with Crippen molar-refractivity contribution in [3.8, 4) is 5.75 Å². The molecule has 0 atom stereocenters. The number of halogens is 2. The number of ketones is 1. The lowest BCUT2D eigenvalue weighted by Crippen LogP contribution is -2.08. The van der Waals surface area contributed by atoms with Crippen molar-refractivity contribution in [3.05, 3.63) is 57.3 Å². The van der Waals surface area contributed by atoms with Gasteiger partial charge in [0, 0.05) is 18.2 Å². The van der Waals surface area contributed by atoms with Crippen LogP contribution in [0.4, 0.5) is 0 Å². The van der Waals surface area contributed by atoms with E-state index in [0.717, 1.165) is 11.1 Å². The highest BCUT2D eigenvalue weighted by Gasteiger charge is 2.15. The third kappa shape index (κ3) is 3.30. The summed E-state index contributed by atoms with van der Waals surface area (Å²) in [5.41, 5.74) is 2.09. The number of methoxy groups -OCH3 is 1. The van der Waals surface area contributed by atoms with Crippen molar-refractivity contribution in [1.82, 2.24) is 4.98 Å². The second kappa shape index (κ2) is 6.25. The lowest BCUT2D eigenvalue weighted by molar-refractivity contribution is 0.0987. The molecule has 0 aliphatic heterocycles. The van der Waals surface area contributed by atoms with Crippen LogP contribution in [0.3, 0.4) is 0 Å². The van der Waals surface area contributed by atoms with Gasteiger partial charge in [0.2, 0.25) is 0 Å². The molecule has 0 saturated carbocycles. The number of carbonyl (C=O) groups is 1. The van der Waals surface area contributed by atoms with Crippen LogP contribution in [0.2, 0.25) is 10.0 Å². The molecule has 2 aromatic rings. The molecule has 0 spiro atoms. The summed E-state index contributed by atoms with van der Waals surface area (Å²) in [4.78, 5) is 16.3. The first-order valence-corrected chi connectivity index (χ1v) is 6.74. The zero-order valence-electron chi connectivity index (χ0n) is 11.1. The van der Waals surface area contributed by atoms with Gasteiger partial charge in [0.05, 0.1) is 17.2 Å². The van der Waals surface area contributed by atoms with Gasteiger partial charge < -0.3 is 4.74 Å². The maximum absolute atomic E-state index is 12.3. The molecule has 0 amide bonds. The fourth-order valence-electron chi connectivity index (χ4n) is 1.92. The number of carbonyl (C=O) groups excluding carboxylic acids is 1. The van der Waals surface area contributed by atoms with Gasteiger partial charge in [0.15, 0.2) is 5.78 Å². The predicted octanol–water partition coefficient (Wildman–Crippen LogP) is 4.13. The van der Waals surface area contributed by atoms with Gasteiger partial charge in [-0.15, -0.1) is 0 Å². The molecule has 0 bridgehead atoms. The number of hydrogen-bond donors (Lipinski definition) is 0. The van der Waals surface area contributed by atoms with E-state index in [1.165, 1.54) is 12.3 Å². The summed E-state index contributed by atoms with van der Waals surface area (Å²) in [5.74, 6) is 0.504. The zero-order valence-corrected chi connectivity index (χ0v) is 12.6. The molecule has 0 aliphatic carbocycles.